The third-order valence-electron chi connectivity index (χ3n) is 5.81. The minimum absolute atomic E-state index is 0.123. The first-order chi connectivity index (χ1) is 13.0. The average Bonchev–Trinajstić information content (AvgIpc) is 2.69. The summed E-state index contributed by atoms with van der Waals surface area (Å²) in [7, 11) is 8.25. The molecule has 0 amide bonds. The molecule has 2 aliphatic rings. The van der Waals surface area contributed by atoms with E-state index in [-0.39, 0.29) is 5.54 Å². The van der Waals surface area contributed by atoms with Gasteiger partial charge >= 0.3 is 0 Å². The van der Waals surface area contributed by atoms with Gasteiger partial charge in [0.05, 0.1) is 6.54 Å². The molecule has 6 nitrogen and oxygen atoms in total. The standard InChI is InChI=1S/C21H35N5O/c1-23(2)20(24(3)4)22-18-21(10-16-27-17-11-21)26-14-12-25(13-15-26)19-8-6-5-7-9-19/h5-9H,10-18H2,1-4H3. The van der Waals surface area contributed by atoms with Gasteiger partial charge in [-0.2, -0.15) is 0 Å². The SMILES string of the molecule is CN(C)C(=NCC1(N2CCN(c3ccccc3)CC2)CCOCC1)N(C)C. The number of aliphatic imine (C=N–C) groups is 1. The lowest BCUT2D eigenvalue weighted by atomic mass is 9.87. The van der Waals surface area contributed by atoms with Crippen molar-refractivity contribution in [2.75, 3.05) is 79.0 Å². The van der Waals surface area contributed by atoms with Crippen LogP contribution in [0.2, 0.25) is 0 Å². The van der Waals surface area contributed by atoms with E-state index in [2.05, 4.69) is 78.1 Å². The van der Waals surface area contributed by atoms with Gasteiger partial charge in [0.1, 0.15) is 0 Å². The van der Waals surface area contributed by atoms with Crippen LogP contribution < -0.4 is 4.90 Å². The molecule has 0 radical (unpaired) electrons. The van der Waals surface area contributed by atoms with E-state index >= 15 is 0 Å². The van der Waals surface area contributed by atoms with Gasteiger partial charge in [0.25, 0.3) is 0 Å². The summed E-state index contributed by atoms with van der Waals surface area (Å²) < 4.78 is 5.70. The molecule has 0 bridgehead atoms. The molecule has 2 heterocycles. The molecular formula is C21H35N5O. The minimum Gasteiger partial charge on any atom is -0.381 e. The van der Waals surface area contributed by atoms with Crippen LogP contribution in [0.5, 0.6) is 0 Å². The molecule has 2 aliphatic heterocycles. The number of piperazine rings is 1. The van der Waals surface area contributed by atoms with Gasteiger partial charge in [-0.15, -0.1) is 0 Å². The van der Waals surface area contributed by atoms with Crippen LogP contribution in [0.15, 0.2) is 35.3 Å². The number of benzene rings is 1. The van der Waals surface area contributed by atoms with Crippen LogP contribution in [-0.2, 0) is 4.74 Å². The zero-order chi connectivity index (χ0) is 19.3. The lowest BCUT2D eigenvalue weighted by Gasteiger charge is -2.49. The smallest absolute Gasteiger partial charge is 0.195 e. The molecule has 0 atom stereocenters. The van der Waals surface area contributed by atoms with Crippen LogP contribution in [0.4, 0.5) is 5.69 Å². The summed E-state index contributed by atoms with van der Waals surface area (Å²) in [5, 5.41) is 0. The van der Waals surface area contributed by atoms with Gasteiger partial charge in [-0.05, 0) is 25.0 Å². The quantitative estimate of drug-likeness (QED) is 0.594. The number of nitrogens with zero attached hydrogens (tertiary/aromatic N) is 5. The molecule has 0 unspecified atom stereocenters. The summed E-state index contributed by atoms with van der Waals surface area (Å²) in [5.74, 6) is 1.03. The van der Waals surface area contributed by atoms with Gasteiger partial charge in [-0.3, -0.25) is 9.89 Å². The maximum Gasteiger partial charge on any atom is 0.195 e. The Morgan fingerprint density at radius 3 is 2.11 bits per heavy atom. The van der Waals surface area contributed by atoms with Gasteiger partial charge in [0, 0.05) is 78.8 Å². The largest absolute Gasteiger partial charge is 0.381 e. The molecule has 0 saturated carbocycles. The van der Waals surface area contributed by atoms with Crippen molar-refractivity contribution in [1.29, 1.82) is 0 Å². The first-order valence-electron chi connectivity index (χ1n) is 10.0. The highest BCUT2D eigenvalue weighted by Crippen LogP contribution is 2.30. The number of ether oxygens (including phenoxy) is 1. The lowest BCUT2D eigenvalue weighted by molar-refractivity contribution is -0.0262. The van der Waals surface area contributed by atoms with Crippen molar-refractivity contribution < 1.29 is 4.74 Å². The molecule has 0 spiro atoms. The molecule has 1 aromatic rings. The van der Waals surface area contributed by atoms with Crippen LogP contribution >= 0.6 is 0 Å². The number of rotatable bonds is 4. The van der Waals surface area contributed by atoms with E-state index in [1.54, 1.807) is 0 Å². The molecule has 150 valence electrons. The lowest BCUT2D eigenvalue weighted by Crippen LogP contribution is -2.60. The number of anilines is 1. The van der Waals surface area contributed by atoms with Crippen molar-refractivity contribution in [3.63, 3.8) is 0 Å². The Bertz CT molecular complexity index is 592. The molecule has 3 rings (SSSR count). The molecule has 2 fully saturated rings. The summed E-state index contributed by atoms with van der Waals surface area (Å²) in [6.07, 6.45) is 2.13. The maximum absolute atomic E-state index is 5.70. The highest BCUT2D eigenvalue weighted by atomic mass is 16.5. The second kappa shape index (κ2) is 8.93. The van der Waals surface area contributed by atoms with E-state index in [1.807, 2.05) is 0 Å². The monoisotopic (exact) mass is 373 g/mol. The van der Waals surface area contributed by atoms with E-state index < -0.39 is 0 Å². The van der Waals surface area contributed by atoms with Crippen molar-refractivity contribution in [2.24, 2.45) is 4.99 Å². The van der Waals surface area contributed by atoms with E-state index in [9.17, 15) is 0 Å². The first-order valence-corrected chi connectivity index (χ1v) is 10.0. The van der Waals surface area contributed by atoms with Crippen LogP contribution in [0.3, 0.4) is 0 Å². The average molecular weight is 374 g/mol. The highest BCUT2D eigenvalue weighted by Gasteiger charge is 2.40. The van der Waals surface area contributed by atoms with Crippen molar-refractivity contribution in [3.8, 4) is 0 Å². The number of hydrogen-bond donors (Lipinski definition) is 0. The second-order valence-corrected chi connectivity index (χ2v) is 8.05. The third-order valence-corrected chi connectivity index (χ3v) is 5.81. The zero-order valence-electron chi connectivity index (χ0n) is 17.4. The Hall–Kier alpha value is -1.79. The van der Waals surface area contributed by atoms with Crippen LogP contribution in [0.25, 0.3) is 0 Å². The number of guanidine groups is 1. The summed E-state index contributed by atoms with van der Waals surface area (Å²) in [4.78, 5) is 14.4. The predicted molar refractivity (Wildman–Crippen MR) is 113 cm³/mol. The summed E-state index contributed by atoms with van der Waals surface area (Å²) in [5.41, 5.74) is 1.46. The molecular weight excluding hydrogens is 338 g/mol. The topological polar surface area (TPSA) is 34.5 Å². The molecule has 0 N–H and O–H groups in total. The predicted octanol–water partition coefficient (Wildman–Crippen LogP) is 1.84. The number of para-hydroxylation sites is 1. The fourth-order valence-corrected chi connectivity index (χ4v) is 4.30. The Morgan fingerprint density at radius 2 is 1.56 bits per heavy atom. The summed E-state index contributed by atoms with van der Waals surface area (Å²) in [6.45, 7) is 6.84. The third kappa shape index (κ3) is 4.74. The molecule has 0 aliphatic carbocycles. The highest BCUT2D eigenvalue weighted by molar-refractivity contribution is 5.79. The van der Waals surface area contributed by atoms with Crippen molar-refractivity contribution in [1.82, 2.24) is 14.7 Å². The Morgan fingerprint density at radius 1 is 0.963 bits per heavy atom. The van der Waals surface area contributed by atoms with E-state index in [1.165, 1.54) is 5.69 Å². The van der Waals surface area contributed by atoms with Gasteiger partial charge in [-0.1, -0.05) is 18.2 Å². The van der Waals surface area contributed by atoms with Gasteiger partial charge in [0.2, 0.25) is 0 Å². The molecule has 1 aromatic carbocycles. The molecule has 6 heteroatoms. The van der Waals surface area contributed by atoms with Gasteiger partial charge in [-0.25, -0.2) is 0 Å². The Labute approximate surface area is 164 Å². The Kier molecular flexibility index (Phi) is 6.60. The minimum atomic E-state index is 0.123. The van der Waals surface area contributed by atoms with E-state index in [0.29, 0.717) is 0 Å². The Balaban J connectivity index is 1.71. The second-order valence-electron chi connectivity index (χ2n) is 8.05. The van der Waals surface area contributed by atoms with Crippen molar-refractivity contribution in [3.05, 3.63) is 30.3 Å². The molecule has 2 saturated heterocycles. The van der Waals surface area contributed by atoms with Crippen molar-refractivity contribution >= 4 is 11.6 Å². The molecule has 0 aromatic heterocycles. The fraction of sp³-hybridized carbons (Fsp3) is 0.667. The zero-order valence-corrected chi connectivity index (χ0v) is 17.4. The molecule has 27 heavy (non-hydrogen) atoms. The van der Waals surface area contributed by atoms with Crippen molar-refractivity contribution in [2.45, 2.75) is 18.4 Å². The summed E-state index contributed by atoms with van der Waals surface area (Å²) in [6, 6.07) is 10.8. The number of hydrogen-bond acceptors (Lipinski definition) is 4. The van der Waals surface area contributed by atoms with E-state index in [0.717, 1.165) is 64.7 Å². The fourth-order valence-electron chi connectivity index (χ4n) is 4.30. The van der Waals surface area contributed by atoms with Gasteiger partial charge in [0.15, 0.2) is 5.96 Å². The van der Waals surface area contributed by atoms with Crippen LogP contribution in [-0.4, -0.2) is 100 Å². The van der Waals surface area contributed by atoms with Crippen LogP contribution in [0.1, 0.15) is 12.8 Å². The normalized spacial score (nSPS) is 20.2. The first kappa shape index (κ1) is 20.0. The van der Waals surface area contributed by atoms with Crippen LogP contribution in [0, 0.1) is 0 Å². The van der Waals surface area contributed by atoms with E-state index in [4.69, 9.17) is 9.73 Å². The van der Waals surface area contributed by atoms with Gasteiger partial charge < -0.3 is 19.4 Å². The summed E-state index contributed by atoms with van der Waals surface area (Å²) >= 11 is 0. The maximum atomic E-state index is 5.70.